The zero-order chi connectivity index (χ0) is 11.6. The van der Waals surface area contributed by atoms with Crippen LogP contribution in [0.25, 0.3) is 0 Å². The van der Waals surface area contributed by atoms with E-state index in [4.69, 9.17) is 0 Å². The molecule has 0 fully saturated rings. The molecule has 1 aromatic carbocycles. The van der Waals surface area contributed by atoms with E-state index in [0.717, 1.165) is 0 Å². The number of halogens is 1. The molecule has 1 rings (SSSR count). The molecule has 0 radical (unpaired) electrons. The van der Waals surface area contributed by atoms with Crippen LogP contribution in [-0.2, 0) is 4.62 Å². The average Bonchev–Trinajstić information content (AvgIpc) is 2.18. The van der Waals surface area contributed by atoms with Gasteiger partial charge in [-0.2, -0.15) is 0 Å². The van der Waals surface area contributed by atoms with E-state index < -0.39 is 18.3 Å². The molecule has 0 aliphatic heterocycles. The van der Waals surface area contributed by atoms with Crippen LogP contribution in [0.5, 0.6) is 0 Å². The molecule has 4 nitrogen and oxygen atoms in total. The van der Waals surface area contributed by atoms with E-state index in [0.29, 0.717) is 5.30 Å². The van der Waals surface area contributed by atoms with Crippen LogP contribution >= 0.6 is 6.83 Å². The molecule has 0 amide bonds. The number of rotatable bonds is 4. The second kappa shape index (κ2) is 3.74. The van der Waals surface area contributed by atoms with Gasteiger partial charge in [-0.3, -0.25) is 0 Å². The fraction of sp³-hybridized carbons (Fsp3) is 0.333. The number of nitrogens with zero attached hydrogens (tertiary/aromatic N) is 1. The molecule has 6 heteroatoms. The van der Waals surface area contributed by atoms with Gasteiger partial charge in [0.2, 0.25) is 0 Å². The van der Waals surface area contributed by atoms with Gasteiger partial charge in [-0.1, -0.05) is 0 Å². The Bertz CT molecular complexity index is 369. The fourth-order valence-corrected chi connectivity index (χ4v) is 3.05. The first kappa shape index (κ1) is 11.9. The molecule has 0 saturated carbocycles. The molecule has 0 spiro atoms. The first-order valence-electron chi connectivity index (χ1n) is 4.34. The molecule has 84 valence electrons. The van der Waals surface area contributed by atoms with Crippen molar-refractivity contribution >= 4 is 12.1 Å². The van der Waals surface area contributed by atoms with Crippen molar-refractivity contribution in [1.29, 1.82) is 0 Å². The van der Waals surface area contributed by atoms with Crippen molar-refractivity contribution in [3.63, 3.8) is 0 Å². The maximum absolute atomic E-state index is 13.1. The van der Waals surface area contributed by atoms with E-state index in [2.05, 4.69) is 4.62 Å². The quantitative estimate of drug-likeness (QED) is 0.455. The minimum atomic E-state index is -3.50. The van der Waals surface area contributed by atoms with Gasteiger partial charge in [-0.05, 0) is 0 Å². The molecule has 0 saturated heterocycles. The van der Waals surface area contributed by atoms with Crippen LogP contribution in [0.15, 0.2) is 30.3 Å². The van der Waals surface area contributed by atoms with Gasteiger partial charge in [0.25, 0.3) is 0 Å². The summed E-state index contributed by atoms with van der Waals surface area (Å²) in [6.45, 7) is -0.524. The first-order valence-corrected chi connectivity index (χ1v) is 7.58. The molecular weight excluding hydrogens is 220 g/mol. The molecule has 1 aromatic rings. The third-order valence-electron chi connectivity index (χ3n) is 2.24. The van der Waals surface area contributed by atoms with Crippen LogP contribution in [0.3, 0.4) is 0 Å². The number of benzene rings is 1. The van der Waals surface area contributed by atoms with Crippen LogP contribution in [0.1, 0.15) is 0 Å². The second-order valence-corrected chi connectivity index (χ2v) is 9.49. The summed E-state index contributed by atoms with van der Waals surface area (Å²) in [5.74, 6) is 0. The maximum atomic E-state index is 13.1. The van der Waals surface area contributed by atoms with Gasteiger partial charge in [-0.15, -0.1) is 0 Å². The van der Waals surface area contributed by atoms with E-state index >= 15 is 0 Å². The van der Waals surface area contributed by atoms with Crippen LogP contribution in [0.4, 0.5) is 4.39 Å². The van der Waals surface area contributed by atoms with Crippen LogP contribution in [0, 0.1) is 10.1 Å². The van der Waals surface area contributed by atoms with Gasteiger partial charge in [0.1, 0.15) is 0 Å². The Kier molecular flexibility index (Phi) is 2.95. The van der Waals surface area contributed by atoms with Crippen LogP contribution < -0.4 is 5.30 Å². The Hall–Kier alpha value is -1.22. The van der Waals surface area contributed by atoms with Gasteiger partial charge >= 0.3 is 86.4 Å². The standard InChI is InChI=1S/C9H13FNO3P/c1-15(2,8-10,14-11(12)13)9-6-4-3-5-7-9/h3-7H,8H2,1-2H3. The number of alkyl halides is 1. The zero-order valence-electron chi connectivity index (χ0n) is 8.59. The topological polar surface area (TPSA) is 52.4 Å². The second-order valence-electron chi connectivity index (χ2n) is 4.03. The summed E-state index contributed by atoms with van der Waals surface area (Å²) in [5.41, 5.74) is 0. The molecule has 0 N–H and O–H groups in total. The molecule has 0 heterocycles. The fourth-order valence-electron chi connectivity index (χ4n) is 1.24. The Labute approximate surface area is 87.2 Å². The normalized spacial score (nSPS) is 13.9. The van der Waals surface area contributed by atoms with E-state index in [1.165, 1.54) is 13.3 Å². The van der Waals surface area contributed by atoms with Crippen LogP contribution in [0.2, 0.25) is 0 Å². The SMILES string of the molecule is CP(C)(CF)(O[N+](=O)[O-])c1ccccc1. The van der Waals surface area contributed by atoms with Crippen molar-refractivity contribution in [2.75, 3.05) is 19.7 Å². The Balaban J connectivity index is 3.20. The molecule has 0 bridgehead atoms. The number of hydrogen-bond acceptors (Lipinski definition) is 3. The van der Waals surface area contributed by atoms with Crippen molar-refractivity contribution in [3.05, 3.63) is 40.4 Å². The van der Waals surface area contributed by atoms with Crippen molar-refractivity contribution in [2.45, 2.75) is 0 Å². The Morgan fingerprint density at radius 2 is 1.93 bits per heavy atom. The number of hydrogen-bond donors (Lipinski definition) is 0. The van der Waals surface area contributed by atoms with E-state index in [1.54, 1.807) is 30.3 Å². The summed E-state index contributed by atoms with van der Waals surface area (Å²) in [7, 11) is 0. The summed E-state index contributed by atoms with van der Waals surface area (Å²) >= 11 is 0. The van der Waals surface area contributed by atoms with Gasteiger partial charge < -0.3 is 0 Å². The first-order chi connectivity index (χ1) is 6.87. The van der Waals surface area contributed by atoms with Gasteiger partial charge in [0, 0.05) is 0 Å². The van der Waals surface area contributed by atoms with E-state index in [-0.39, 0.29) is 0 Å². The van der Waals surface area contributed by atoms with Gasteiger partial charge in [-0.25, -0.2) is 0 Å². The van der Waals surface area contributed by atoms with Gasteiger partial charge in [0.05, 0.1) is 0 Å². The predicted molar refractivity (Wildman–Crippen MR) is 58.9 cm³/mol. The molecule has 0 aromatic heterocycles. The minimum absolute atomic E-state index is 0.558. The predicted octanol–water partition coefficient (Wildman–Crippen LogP) is 2.18. The Morgan fingerprint density at radius 1 is 1.40 bits per heavy atom. The van der Waals surface area contributed by atoms with Crippen molar-refractivity contribution in [1.82, 2.24) is 0 Å². The van der Waals surface area contributed by atoms with Gasteiger partial charge in [0.15, 0.2) is 0 Å². The molecule has 0 unspecified atom stereocenters. The van der Waals surface area contributed by atoms with E-state index in [9.17, 15) is 14.5 Å². The summed E-state index contributed by atoms with van der Waals surface area (Å²) in [6, 6.07) is 8.50. The average molecular weight is 233 g/mol. The van der Waals surface area contributed by atoms with E-state index in [1.807, 2.05) is 0 Å². The molecule has 0 atom stereocenters. The molecular formula is C9H13FNO3P. The molecule has 0 aliphatic carbocycles. The third-order valence-corrected chi connectivity index (χ3v) is 5.50. The molecule has 15 heavy (non-hydrogen) atoms. The third kappa shape index (κ3) is 2.42. The monoisotopic (exact) mass is 233 g/mol. The van der Waals surface area contributed by atoms with Crippen molar-refractivity contribution in [3.8, 4) is 0 Å². The zero-order valence-corrected chi connectivity index (χ0v) is 9.49. The summed E-state index contributed by atoms with van der Waals surface area (Å²) in [5, 5.41) is 10.0. The Morgan fingerprint density at radius 3 is 2.33 bits per heavy atom. The van der Waals surface area contributed by atoms with Crippen LogP contribution in [-0.4, -0.2) is 24.8 Å². The van der Waals surface area contributed by atoms with Crippen molar-refractivity contribution < 1.29 is 14.1 Å². The summed E-state index contributed by atoms with van der Waals surface area (Å²) in [6.07, 6.45) is -0.851. The summed E-state index contributed by atoms with van der Waals surface area (Å²) in [4.78, 5) is 10.4. The van der Waals surface area contributed by atoms with Crippen molar-refractivity contribution in [2.24, 2.45) is 0 Å². The molecule has 0 aliphatic rings. The summed E-state index contributed by atoms with van der Waals surface area (Å²) < 4.78 is 17.7.